The Kier molecular flexibility index (Phi) is 4.06. The summed E-state index contributed by atoms with van der Waals surface area (Å²) in [7, 11) is 0. The Bertz CT molecular complexity index is 528. The molecule has 1 N–H and O–H groups in total. The number of hydrogen-bond donors (Lipinski definition) is 1. The summed E-state index contributed by atoms with van der Waals surface area (Å²) in [5.41, 5.74) is -0.0185. The van der Waals surface area contributed by atoms with Gasteiger partial charge in [0, 0.05) is 12.1 Å². The SMILES string of the molecule is CC1CCCC(Cc2cccc([N+](=O)[O-])c2)(C(=O)O)C1. The van der Waals surface area contributed by atoms with Crippen LogP contribution >= 0.6 is 0 Å². The first-order valence-electron chi connectivity index (χ1n) is 6.90. The van der Waals surface area contributed by atoms with Crippen LogP contribution in [-0.4, -0.2) is 16.0 Å². The average Bonchev–Trinajstić information content (AvgIpc) is 2.38. The Morgan fingerprint density at radius 1 is 1.55 bits per heavy atom. The van der Waals surface area contributed by atoms with Crippen molar-refractivity contribution in [2.75, 3.05) is 0 Å². The highest BCUT2D eigenvalue weighted by molar-refractivity contribution is 5.75. The molecule has 0 bridgehead atoms. The fourth-order valence-corrected chi connectivity index (χ4v) is 3.26. The summed E-state index contributed by atoms with van der Waals surface area (Å²) in [6, 6.07) is 6.32. The number of aliphatic carboxylic acids is 1. The van der Waals surface area contributed by atoms with E-state index in [1.54, 1.807) is 12.1 Å². The minimum Gasteiger partial charge on any atom is -0.481 e. The van der Waals surface area contributed by atoms with Gasteiger partial charge in [-0.05, 0) is 30.7 Å². The lowest BCUT2D eigenvalue weighted by molar-refractivity contribution is -0.384. The number of benzene rings is 1. The molecule has 0 amide bonds. The van der Waals surface area contributed by atoms with Crippen LogP contribution in [0, 0.1) is 21.4 Å². The Morgan fingerprint density at radius 3 is 2.90 bits per heavy atom. The Morgan fingerprint density at radius 2 is 2.30 bits per heavy atom. The summed E-state index contributed by atoms with van der Waals surface area (Å²) < 4.78 is 0. The fourth-order valence-electron chi connectivity index (χ4n) is 3.26. The van der Waals surface area contributed by atoms with Crippen molar-refractivity contribution in [1.29, 1.82) is 0 Å². The van der Waals surface area contributed by atoms with Gasteiger partial charge < -0.3 is 5.11 Å². The molecule has 0 radical (unpaired) electrons. The molecule has 108 valence electrons. The molecule has 0 aromatic heterocycles. The van der Waals surface area contributed by atoms with E-state index >= 15 is 0 Å². The standard InChI is InChI=1S/C15H19NO4/c1-11-4-3-7-15(9-11,14(17)18)10-12-5-2-6-13(8-12)16(19)20/h2,5-6,8,11H,3-4,7,9-10H2,1H3,(H,17,18). The molecule has 2 unspecified atom stereocenters. The number of nitro groups is 1. The van der Waals surface area contributed by atoms with Gasteiger partial charge in [0.25, 0.3) is 5.69 Å². The van der Waals surface area contributed by atoms with Crippen molar-refractivity contribution < 1.29 is 14.8 Å². The van der Waals surface area contributed by atoms with Gasteiger partial charge in [0.05, 0.1) is 10.3 Å². The van der Waals surface area contributed by atoms with E-state index in [0.29, 0.717) is 25.2 Å². The van der Waals surface area contributed by atoms with Gasteiger partial charge in [-0.2, -0.15) is 0 Å². The molecular formula is C15H19NO4. The normalized spacial score (nSPS) is 26.1. The van der Waals surface area contributed by atoms with Gasteiger partial charge in [-0.15, -0.1) is 0 Å². The van der Waals surface area contributed by atoms with Gasteiger partial charge in [-0.1, -0.05) is 31.9 Å². The van der Waals surface area contributed by atoms with Gasteiger partial charge in [0.2, 0.25) is 0 Å². The molecule has 5 nitrogen and oxygen atoms in total. The second-order valence-electron chi connectivity index (χ2n) is 5.89. The van der Waals surface area contributed by atoms with E-state index < -0.39 is 16.3 Å². The molecule has 0 heterocycles. The zero-order chi connectivity index (χ0) is 14.8. The topological polar surface area (TPSA) is 80.4 Å². The van der Waals surface area contributed by atoms with Crippen LogP contribution in [0.3, 0.4) is 0 Å². The van der Waals surface area contributed by atoms with E-state index in [1.165, 1.54) is 12.1 Å². The van der Waals surface area contributed by atoms with Crippen LogP contribution in [0.15, 0.2) is 24.3 Å². The number of non-ortho nitro benzene ring substituents is 1. The van der Waals surface area contributed by atoms with Crippen LogP contribution in [0.5, 0.6) is 0 Å². The number of nitro benzene ring substituents is 1. The first-order valence-corrected chi connectivity index (χ1v) is 6.90. The molecule has 1 saturated carbocycles. The molecule has 2 rings (SSSR count). The predicted molar refractivity (Wildman–Crippen MR) is 74.5 cm³/mol. The predicted octanol–water partition coefficient (Wildman–Crippen LogP) is 3.42. The third-order valence-corrected chi connectivity index (χ3v) is 4.21. The molecule has 1 aromatic carbocycles. The Balaban J connectivity index is 2.26. The number of carbonyl (C=O) groups is 1. The third kappa shape index (κ3) is 2.98. The van der Waals surface area contributed by atoms with E-state index in [1.807, 2.05) is 0 Å². The van der Waals surface area contributed by atoms with Gasteiger partial charge in [0.1, 0.15) is 0 Å². The van der Waals surface area contributed by atoms with E-state index in [-0.39, 0.29) is 5.69 Å². The van der Waals surface area contributed by atoms with Crippen molar-refractivity contribution >= 4 is 11.7 Å². The van der Waals surface area contributed by atoms with Crippen molar-refractivity contribution in [2.45, 2.75) is 39.0 Å². The second-order valence-corrected chi connectivity index (χ2v) is 5.89. The first-order chi connectivity index (χ1) is 9.43. The zero-order valence-corrected chi connectivity index (χ0v) is 11.5. The molecular weight excluding hydrogens is 258 g/mol. The van der Waals surface area contributed by atoms with Crippen LogP contribution in [-0.2, 0) is 11.2 Å². The summed E-state index contributed by atoms with van der Waals surface area (Å²) in [4.78, 5) is 22.1. The van der Waals surface area contributed by atoms with Crippen LogP contribution in [0.1, 0.15) is 38.2 Å². The summed E-state index contributed by atoms with van der Waals surface area (Å²) in [6.45, 7) is 2.07. The maximum absolute atomic E-state index is 11.7. The van der Waals surface area contributed by atoms with Crippen LogP contribution in [0.25, 0.3) is 0 Å². The van der Waals surface area contributed by atoms with E-state index in [0.717, 1.165) is 18.4 Å². The summed E-state index contributed by atoms with van der Waals surface area (Å²) in [5, 5.41) is 20.4. The fraction of sp³-hybridized carbons (Fsp3) is 0.533. The zero-order valence-electron chi connectivity index (χ0n) is 11.5. The summed E-state index contributed by atoms with van der Waals surface area (Å²) in [6.07, 6.45) is 3.63. The molecule has 0 spiro atoms. The first kappa shape index (κ1) is 14.5. The highest BCUT2D eigenvalue weighted by Gasteiger charge is 2.41. The van der Waals surface area contributed by atoms with Gasteiger partial charge in [-0.25, -0.2) is 0 Å². The lowest BCUT2D eigenvalue weighted by Gasteiger charge is -2.36. The van der Waals surface area contributed by atoms with Crippen molar-refractivity contribution in [2.24, 2.45) is 11.3 Å². The number of carboxylic acid groups (broad SMARTS) is 1. The van der Waals surface area contributed by atoms with Crippen molar-refractivity contribution in [1.82, 2.24) is 0 Å². The summed E-state index contributed by atoms with van der Waals surface area (Å²) in [5.74, 6) is -0.394. The molecule has 1 fully saturated rings. The lowest BCUT2D eigenvalue weighted by Crippen LogP contribution is -2.37. The Hall–Kier alpha value is -1.91. The minimum atomic E-state index is -0.782. The third-order valence-electron chi connectivity index (χ3n) is 4.21. The minimum absolute atomic E-state index is 0.0203. The molecule has 5 heteroatoms. The Labute approximate surface area is 117 Å². The maximum Gasteiger partial charge on any atom is 0.309 e. The van der Waals surface area contributed by atoms with Gasteiger partial charge >= 0.3 is 5.97 Å². The number of carboxylic acids is 1. The lowest BCUT2D eigenvalue weighted by atomic mass is 9.67. The monoisotopic (exact) mass is 277 g/mol. The highest BCUT2D eigenvalue weighted by Crippen LogP contribution is 2.42. The van der Waals surface area contributed by atoms with E-state index in [9.17, 15) is 20.0 Å². The molecule has 1 aliphatic carbocycles. The quantitative estimate of drug-likeness (QED) is 0.675. The maximum atomic E-state index is 11.7. The van der Waals surface area contributed by atoms with Gasteiger partial charge in [-0.3, -0.25) is 14.9 Å². The smallest absolute Gasteiger partial charge is 0.309 e. The van der Waals surface area contributed by atoms with Crippen molar-refractivity contribution in [3.05, 3.63) is 39.9 Å². The van der Waals surface area contributed by atoms with Crippen molar-refractivity contribution in [3.63, 3.8) is 0 Å². The highest BCUT2D eigenvalue weighted by atomic mass is 16.6. The van der Waals surface area contributed by atoms with E-state index in [2.05, 4.69) is 6.92 Å². The number of nitrogens with zero attached hydrogens (tertiary/aromatic N) is 1. The van der Waals surface area contributed by atoms with Crippen LogP contribution in [0.4, 0.5) is 5.69 Å². The van der Waals surface area contributed by atoms with Gasteiger partial charge in [0.15, 0.2) is 0 Å². The van der Waals surface area contributed by atoms with E-state index in [4.69, 9.17) is 0 Å². The van der Waals surface area contributed by atoms with Crippen LogP contribution in [0.2, 0.25) is 0 Å². The molecule has 0 saturated heterocycles. The number of hydrogen-bond acceptors (Lipinski definition) is 3. The van der Waals surface area contributed by atoms with Crippen LogP contribution < -0.4 is 0 Å². The molecule has 1 aliphatic rings. The number of rotatable bonds is 4. The second kappa shape index (κ2) is 5.61. The average molecular weight is 277 g/mol. The molecule has 20 heavy (non-hydrogen) atoms. The largest absolute Gasteiger partial charge is 0.481 e. The van der Waals surface area contributed by atoms with Crippen molar-refractivity contribution in [3.8, 4) is 0 Å². The summed E-state index contributed by atoms with van der Waals surface area (Å²) >= 11 is 0. The molecule has 2 atom stereocenters. The molecule has 0 aliphatic heterocycles. The molecule has 1 aromatic rings.